The smallest absolute Gasteiger partial charge is 0.0911 e. The maximum Gasteiger partial charge on any atom is 0.0911 e. The zero-order valence-corrected chi connectivity index (χ0v) is 11.9. The summed E-state index contributed by atoms with van der Waals surface area (Å²) >= 11 is 3.36. The average Bonchev–Trinajstić information content (AvgIpc) is 2.68. The standard InChI is InChI=1S/C13H20OS2/c1-5-8-12-9-11(7-3)13(15-12)16-14-10(4)6-2/h6,9-10H,2,5,7-8H2,1,3-4H3. The van der Waals surface area contributed by atoms with Gasteiger partial charge in [0, 0.05) is 16.9 Å². The van der Waals surface area contributed by atoms with E-state index in [1.807, 2.05) is 24.3 Å². The van der Waals surface area contributed by atoms with Gasteiger partial charge < -0.3 is 4.18 Å². The van der Waals surface area contributed by atoms with E-state index < -0.39 is 0 Å². The maximum absolute atomic E-state index is 5.62. The summed E-state index contributed by atoms with van der Waals surface area (Å²) in [7, 11) is 0. The van der Waals surface area contributed by atoms with Crippen molar-refractivity contribution >= 4 is 23.4 Å². The Labute approximate surface area is 107 Å². The summed E-state index contributed by atoms with van der Waals surface area (Å²) in [6.07, 6.45) is 5.38. The molecular formula is C13H20OS2. The highest BCUT2D eigenvalue weighted by Crippen LogP contribution is 2.34. The molecule has 1 nitrogen and oxygen atoms in total. The lowest BCUT2D eigenvalue weighted by atomic mass is 10.2. The van der Waals surface area contributed by atoms with Crippen molar-refractivity contribution in [2.45, 2.75) is 50.3 Å². The predicted molar refractivity (Wildman–Crippen MR) is 74.3 cm³/mol. The van der Waals surface area contributed by atoms with Crippen molar-refractivity contribution in [3.05, 3.63) is 29.2 Å². The monoisotopic (exact) mass is 256 g/mol. The summed E-state index contributed by atoms with van der Waals surface area (Å²) in [6, 6.07) is 2.32. The molecule has 1 rings (SSSR count). The zero-order chi connectivity index (χ0) is 12.0. The van der Waals surface area contributed by atoms with Gasteiger partial charge in [0.1, 0.15) is 0 Å². The molecule has 1 atom stereocenters. The summed E-state index contributed by atoms with van der Waals surface area (Å²) in [5.41, 5.74) is 1.41. The van der Waals surface area contributed by atoms with Crippen LogP contribution < -0.4 is 0 Å². The molecule has 0 aliphatic heterocycles. The average molecular weight is 256 g/mol. The summed E-state index contributed by atoms with van der Waals surface area (Å²) in [4.78, 5) is 1.47. The largest absolute Gasteiger partial charge is 0.302 e. The zero-order valence-electron chi connectivity index (χ0n) is 10.3. The van der Waals surface area contributed by atoms with Crippen LogP contribution in [0, 0.1) is 0 Å². The number of hydrogen-bond donors (Lipinski definition) is 0. The van der Waals surface area contributed by atoms with E-state index in [2.05, 4.69) is 26.5 Å². The van der Waals surface area contributed by atoms with E-state index in [1.54, 1.807) is 0 Å². The fourth-order valence-corrected chi connectivity index (χ4v) is 3.60. The second kappa shape index (κ2) is 7.15. The highest BCUT2D eigenvalue weighted by atomic mass is 32.2. The molecule has 0 N–H and O–H groups in total. The van der Waals surface area contributed by atoms with Crippen molar-refractivity contribution in [2.24, 2.45) is 0 Å². The molecule has 0 spiro atoms. The first-order valence-electron chi connectivity index (χ1n) is 5.78. The Morgan fingerprint density at radius 1 is 1.56 bits per heavy atom. The first kappa shape index (κ1) is 13.8. The van der Waals surface area contributed by atoms with Crippen LogP contribution in [0.15, 0.2) is 22.9 Å². The molecule has 1 heterocycles. The Morgan fingerprint density at radius 2 is 2.31 bits per heavy atom. The summed E-state index contributed by atoms with van der Waals surface area (Å²) in [6.45, 7) is 10.1. The quantitative estimate of drug-likeness (QED) is 0.509. The SMILES string of the molecule is C=CC(C)OSc1sc(CCC)cc1CC. The molecule has 0 aromatic carbocycles. The molecule has 1 aromatic heterocycles. The van der Waals surface area contributed by atoms with Gasteiger partial charge in [-0.2, -0.15) is 0 Å². The van der Waals surface area contributed by atoms with Gasteiger partial charge in [0.05, 0.1) is 10.3 Å². The number of aryl methyl sites for hydroxylation is 2. The molecule has 0 aliphatic rings. The second-order valence-electron chi connectivity index (χ2n) is 3.75. The van der Waals surface area contributed by atoms with Gasteiger partial charge in [-0.15, -0.1) is 17.9 Å². The second-order valence-corrected chi connectivity index (χ2v) is 5.91. The molecule has 0 fully saturated rings. The Morgan fingerprint density at radius 3 is 2.88 bits per heavy atom. The third-order valence-electron chi connectivity index (χ3n) is 2.31. The topological polar surface area (TPSA) is 9.23 Å². The molecular weight excluding hydrogens is 236 g/mol. The van der Waals surface area contributed by atoms with Crippen LogP contribution in [0.25, 0.3) is 0 Å². The van der Waals surface area contributed by atoms with Crippen LogP contribution >= 0.6 is 23.4 Å². The highest BCUT2D eigenvalue weighted by molar-refractivity contribution is 7.96. The number of thiophene rings is 1. The van der Waals surface area contributed by atoms with E-state index in [0.29, 0.717) is 0 Å². The Balaban J connectivity index is 2.66. The minimum atomic E-state index is 0.103. The van der Waals surface area contributed by atoms with Gasteiger partial charge in [0.2, 0.25) is 0 Å². The third-order valence-corrected chi connectivity index (χ3v) is 4.61. The van der Waals surface area contributed by atoms with Crippen molar-refractivity contribution < 1.29 is 4.18 Å². The van der Waals surface area contributed by atoms with Crippen LogP contribution in [0.3, 0.4) is 0 Å². The normalized spacial score (nSPS) is 12.7. The van der Waals surface area contributed by atoms with E-state index in [9.17, 15) is 0 Å². The van der Waals surface area contributed by atoms with Crippen LogP contribution in [0.1, 0.15) is 37.6 Å². The van der Waals surface area contributed by atoms with Crippen molar-refractivity contribution in [3.63, 3.8) is 0 Å². The molecule has 0 amide bonds. The van der Waals surface area contributed by atoms with E-state index in [0.717, 1.165) is 6.42 Å². The minimum absolute atomic E-state index is 0.103. The Kier molecular flexibility index (Phi) is 6.17. The van der Waals surface area contributed by atoms with Crippen LogP contribution in [-0.4, -0.2) is 6.10 Å². The van der Waals surface area contributed by atoms with E-state index in [1.165, 1.54) is 39.5 Å². The van der Waals surface area contributed by atoms with Crippen molar-refractivity contribution in [1.29, 1.82) is 0 Å². The van der Waals surface area contributed by atoms with Crippen molar-refractivity contribution in [2.75, 3.05) is 0 Å². The predicted octanol–water partition coefficient (Wildman–Crippen LogP) is 4.86. The van der Waals surface area contributed by atoms with Crippen molar-refractivity contribution in [1.82, 2.24) is 0 Å². The van der Waals surface area contributed by atoms with E-state index in [-0.39, 0.29) is 6.10 Å². The molecule has 90 valence electrons. The van der Waals surface area contributed by atoms with Gasteiger partial charge in [0.15, 0.2) is 0 Å². The first-order chi connectivity index (χ1) is 7.71. The third kappa shape index (κ3) is 3.96. The molecule has 1 aromatic rings. The highest BCUT2D eigenvalue weighted by Gasteiger charge is 2.09. The lowest BCUT2D eigenvalue weighted by Crippen LogP contribution is -1.96. The first-order valence-corrected chi connectivity index (χ1v) is 7.34. The lowest BCUT2D eigenvalue weighted by molar-refractivity contribution is 0.322. The molecule has 0 bridgehead atoms. The van der Waals surface area contributed by atoms with Crippen molar-refractivity contribution in [3.8, 4) is 0 Å². The Bertz CT molecular complexity index is 331. The van der Waals surface area contributed by atoms with E-state index >= 15 is 0 Å². The fourth-order valence-electron chi connectivity index (χ4n) is 1.31. The molecule has 0 saturated carbocycles. The van der Waals surface area contributed by atoms with E-state index in [4.69, 9.17) is 4.18 Å². The maximum atomic E-state index is 5.62. The Hall–Kier alpha value is -0.250. The van der Waals surface area contributed by atoms with Gasteiger partial charge >= 0.3 is 0 Å². The fraction of sp³-hybridized carbons (Fsp3) is 0.538. The number of hydrogen-bond acceptors (Lipinski definition) is 3. The molecule has 0 radical (unpaired) electrons. The molecule has 1 unspecified atom stereocenters. The lowest BCUT2D eigenvalue weighted by Gasteiger charge is -2.05. The molecule has 16 heavy (non-hydrogen) atoms. The van der Waals surface area contributed by atoms with Gasteiger partial charge in [0.25, 0.3) is 0 Å². The van der Waals surface area contributed by atoms with Gasteiger partial charge in [-0.25, -0.2) is 0 Å². The molecule has 0 aliphatic carbocycles. The van der Waals surface area contributed by atoms with Crippen LogP contribution in [0.2, 0.25) is 0 Å². The number of rotatable bonds is 7. The molecule has 3 heteroatoms. The van der Waals surface area contributed by atoms with Crippen LogP contribution in [0.5, 0.6) is 0 Å². The minimum Gasteiger partial charge on any atom is -0.302 e. The molecule has 0 saturated heterocycles. The summed E-state index contributed by atoms with van der Waals surface area (Å²) < 4.78 is 6.93. The van der Waals surface area contributed by atoms with Gasteiger partial charge in [-0.05, 0) is 31.4 Å². The van der Waals surface area contributed by atoms with Gasteiger partial charge in [-0.3, -0.25) is 0 Å². The van der Waals surface area contributed by atoms with Crippen LogP contribution in [0.4, 0.5) is 0 Å². The van der Waals surface area contributed by atoms with Crippen LogP contribution in [-0.2, 0) is 17.0 Å². The van der Waals surface area contributed by atoms with Gasteiger partial charge in [-0.1, -0.05) is 26.3 Å². The summed E-state index contributed by atoms with van der Waals surface area (Å²) in [5.74, 6) is 0. The summed E-state index contributed by atoms with van der Waals surface area (Å²) in [5, 5.41) is 0.